The molecule has 0 saturated carbocycles. The zero-order chi connectivity index (χ0) is 103. The molecule has 2 saturated heterocycles. The van der Waals surface area contributed by atoms with Gasteiger partial charge in [0.1, 0.15) is 92.8 Å². The average Bonchev–Trinajstić information content (AvgIpc) is 1.63. The summed E-state index contributed by atoms with van der Waals surface area (Å²) >= 11 is 22.7. The fourth-order valence-electron chi connectivity index (χ4n) is 15.0. The zero-order valence-electron chi connectivity index (χ0n) is 81.7. The van der Waals surface area contributed by atoms with E-state index in [2.05, 4.69) is 96.9 Å². The molecule has 0 unspecified atom stereocenters. The molecule has 19 rings (SSSR count). The molecule has 2 amide bonds. The van der Waals surface area contributed by atoms with Crippen LogP contribution in [0.5, 0.6) is 11.5 Å². The summed E-state index contributed by atoms with van der Waals surface area (Å²) in [7, 11) is 9.89. The number of nitrogens with two attached hydrogens (primary N) is 4. The Bertz CT molecular complexity index is 7270. The van der Waals surface area contributed by atoms with Gasteiger partial charge in [-0.05, 0) is 247 Å². The minimum absolute atomic E-state index is 0. The summed E-state index contributed by atoms with van der Waals surface area (Å²) in [5.41, 5.74) is 34.2. The third-order valence-corrected chi connectivity index (χ3v) is 23.1. The van der Waals surface area contributed by atoms with Crippen LogP contribution in [0.4, 0.5) is 69.0 Å². The number of aromatic nitrogens is 15. The van der Waals surface area contributed by atoms with Crippen LogP contribution in [-0.4, -0.2) is 194 Å². The molecule has 44 heteroatoms. The number of carboxylic acids is 1. The molecule has 2 aliphatic rings. The summed E-state index contributed by atoms with van der Waals surface area (Å²) in [6.07, 6.45) is 21.8. The molecule has 0 atom stereocenters. The second-order valence-corrected chi connectivity index (χ2v) is 33.7. The van der Waals surface area contributed by atoms with Gasteiger partial charge in [0.2, 0.25) is 27.6 Å². The van der Waals surface area contributed by atoms with E-state index in [0.717, 1.165) is 133 Å². The Kier molecular flexibility index (Phi) is 41.8. The Labute approximate surface area is 872 Å². The number of aromatic carboxylic acids is 1. The molecule has 15 N–H and O–H groups in total. The van der Waals surface area contributed by atoms with Gasteiger partial charge < -0.3 is 102 Å². The minimum Gasteiger partial charge on any atom is -0.870 e. The first-order valence-electron chi connectivity index (χ1n) is 45.3. The van der Waals surface area contributed by atoms with Gasteiger partial charge in [-0.2, -0.15) is 20.2 Å². The van der Waals surface area contributed by atoms with E-state index in [0.29, 0.717) is 35.8 Å². The predicted molar refractivity (Wildman–Crippen MR) is 564 cm³/mol. The Morgan fingerprint density at radius 2 is 0.760 bits per heavy atom. The number of primary amides is 2. The number of benzene rings is 7. The van der Waals surface area contributed by atoms with E-state index in [-0.39, 0.29) is 92.2 Å². The van der Waals surface area contributed by atoms with Gasteiger partial charge in [0, 0.05) is 212 Å². The van der Waals surface area contributed by atoms with Crippen molar-refractivity contribution in [3.63, 3.8) is 0 Å². The van der Waals surface area contributed by atoms with Crippen molar-refractivity contribution >= 4 is 205 Å². The summed E-state index contributed by atoms with van der Waals surface area (Å²) in [5, 5.41) is 37.8. The number of esters is 2. The van der Waals surface area contributed by atoms with Crippen LogP contribution in [0.2, 0.25) is 21.0 Å². The summed E-state index contributed by atoms with van der Waals surface area (Å²) in [5.74, 6) is 0.130. The Morgan fingerprint density at radius 3 is 1.14 bits per heavy atom. The molecule has 39 nitrogen and oxygen atoms in total. The molecule has 0 aliphatic carbocycles. The second-order valence-electron chi connectivity index (χ2n) is 32.3. The van der Waals surface area contributed by atoms with E-state index in [9.17, 15) is 33.9 Å². The van der Waals surface area contributed by atoms with Gasteiger partial charge in [-0.1, -0.05) is 41.9 Å². The topological polar surface area (TPSA) is 538 Å². The molecule has 2 fully saturated rings. The Hall–Kier alpha value is -16.0. The summed E-state index contributed by atoms with van der Waals surface area (Å²) < 4.78 is 31.3. The predicted octanol–water partition coefficient (Wildman–Crippen LogP) is 15.1. The number of carbonyl (C=O) groups is 6. The molecule has 146 heavy (non-hydrogen) atoms. The number of Topliss-reactive ketones (excluding diaryl/α,β-unsaturated/α-hetero) is 1. The maximum atomic E-state index is 12.0. The van der Waals surface area contributed by atoms with Crippen LogP contribution in [0.3, 0.4) is 0 Å². The van der Waals surface area contributed by atoms with E-state index in [1.807, 2.05) is 248 Å². The van der Waals surface area contributed by atoms with Crippen LogP contribution in [-0.2, 0) is 49.5 Å². The number of amides is 2. The fourth-order valence-corrected chi connectivity index (χ4v) is 15.6. The maximum absolute atomic E-state index is 12.0. The van der Waals surface area contributed by atoms with Gasteiger partial charge in [-0.3, -0.25) is 24.2 Å². The van der Waals surface area contributed by atoms with Crippen molar-refractivity contribution in [2.75, 3.05) is 104 Å². The number of anilines is 12. The summed E-state index contributed by atoms with van der Waals surface area (Å²) in [6.45, 7) is 15.2. The number of nitrogen functional groups attached to an aromatic ring is 2. The van der Waals surface area contributed by atoms with Crippen molar-refractivity contribution in [1.82, 2.24) is 82.5 Å². The van der Waals surface area contributed by atoms with Gasteiger partial charge in [0.25, 0.3) is 11.8 Å². The largest absolute Gasteiger partial charge is 1.00 e. The number of hydrogen-bond acceptors (Lipinski definition) is 31. The minimum atomic E-state index is -1.12. The Morgan fingerprint density at radius 1 is 0.425 bits per heavy atom. The van der Waals surface area contributed by atoms with Crippen LogP contribution < -0.4 is 77.9 Å². The van der Waals surface area contributed by atoms with Crippen molar-refractivity contribution in [3.05, 3.63) is 286 Å². The smallest absolute Gasteiger partial charge is 0.870 e. The number of rotatable bonds is 25. The molecule has 10 aromatic heterocycles. The molecular weight excluding hydrogens is 1940 g/mol. The van der Waals surface area contributed by atoms with Crippen molar-refractivity contribution < 1.29 is 77.2 Å². The number of ether oxygens (including phenoxy) is 4. The number of hydrogen-bond donors (Lipinski definition) is 10. The second kappa shape index (κ2) is 54.5. The van der Waals surface area contributed by atoms with Crippen LogP contribution in [0, 0.1) is 18.3 Å². The number of nitrogens with one attached hydrogen (secondary N) is 5. The van der Waals surface area contributed by atoms with Crippen molar-refractivity contribution in [1.29, 1.82) is 5.26 Å². The van der Waals surface area contributed by atoms with Crippen LogP contribution in [0.1, 0.15) is 104 Å². The number of aryl methyl sites for hydroxylation is 6. The molecule has 752 valence electrons. The zero-order valence-corrected chi connectivity index (χ0v) is 84.7. The first-order chi connectivity index (χ1) is 69.3. The molecular formula is C102H108Cl4LiN27O12. The molecule has 0 spiro atoms. The van der Waals surface area contributed by atoms with Crippen molar-refractivity contribution in [3.8, 4) is 17.6 Å². The van der Waals surface area contributed by atoms with Gasteiger partial charge in [-0.25, -0.2) is 49.3 Å². The number of nitriles is 1. The Balaban J connectivity index is 0.000000178. The van der Waals surface area contributed by atoms with E-state index in [4.69, 9.17) is 93.5 Å². The van der Waals surface area contributed by atoms with Crippen LogP contribution >= 0.6 is 46.4 Å². The van der Waals surface area contributed by atoms with E-state index in [1.165, 1.54) is 88.3 Å². The molecule has 7 aromatic carbocycles. The monoisotopic (exact) mass is 2050 g/mol. The molecule has 12 heterocycles. The van der Waals surface area contributed by atoms with Crippen molar-refractivity contribution in [2.24, 2.45) is 46.7 Å². The normalized spacial score (nSPS) is 11.7. The quantitative estimate of drug-likeness (QED) is 0.00634. The number of ketones is 1. The molecule has 17 aromatic rings. The standard InChI is InChI=1S/C26H29N7O2.C16H15ClN4O2.C15H15N5O.C14H11ClN4O2.C12H18N2O.C9H10N2.C7H6Cl2N2O2.C3H3NO.Li.H2O/c1-32-14-11-20-22(5-4-6-23(20)32)30-25-21(24(27)34)17-28-26(31-25)29-18-7-9-19(10-8-18)35-16-15-33-12-2-3-13-33;1-3-23-15(22)11-9-18-16(17)20-14(11)19-12-5-4-6-13-10(12)7-8-21(13)2;1-9-17-8-11(14(16)21)15(18-9)19-12-4-3-5-13-10(12)6-7-20(13)2;1-19-6-5-8-10(3-2-4-11(8)19)17-12-9(13(20)21)7-16-14(15)18-12;13-11-3-5-12(6-4-11)15-10-9-14-7-1-2-8-14;1-11-6-5-7-8(10)3-2-4-9(7)11;1-2-13-6(12)4-3-10-7(9)11-5(4)8;1-3(5)2-4;;/h4-11,14,17H,2-3,12-13,15-16H2,1H3,(H2,27,34)(H2,28,29,30,31);4-9H,3H2,1-2H3,(H,18,19,20);3-8H,1-2H3,(H2,16,21)(H,17,18,19);2-7H,1H3,(H,20,21)(H,16,17,18);3-6H,1-2,7-10,13H2;2-6H,10H2,1H3;3H,2H2,1H3;1H3;;1H2/q;;;;;;;;+1;/p-1. The van der Waals surface area contributed by atoms with Crippen molar-refractivity contribution in [2.45, 2.75) is 53.4 Å². The molecule has 0 radical (unpaired) electrons. The van der Waals surface area contributed by atoms with E-state index >= 15 is 0 Å². The number of halogens is 4. The number of nitrogens with zero attached hydrogens (tertiary/aromatic N) is 18. The summed E-state index contributed by atoms with van der Waals surface area (Å²) in [4.78, 5) is 112. The molecule has 2 aliphatic heterocycles. The van der Waals surface area contributed by atoms with Gasteiger partial charge in [0.15, 0.2) is 0 Å². The van der Waals surface area contributed by atoms with E-state index < -0.39 is 35.5 Å². The van der Waals surface area contributed by atoms with Gasteiger partial charge in [0.05, 0.1) is 13.2 Å². The first kappa shape index (κ1) is 112. The SMILES string of the molecule is CC(=O)C#N.CCOC(=O)c1cnc(Cl)nc1Cl.CCOC(=O)c1cnc(Cl)nc1Nc1cccc2c1ccn2C.Cc1ncc(C(N)=O)c(Nc2cccc3c2ccn3C)n1.Cn1ccc2c(N)cccc21.Cn1ccc2c(Nc3nc(Cl)ncc3C(=O)O)cccc21.Cn1ccc2c(Nc3nc(Nc4ccc(OCCN5CCCC5)cc4)ncc3C(N)=O)cccc21.Nc1ccc(OCCN2CCCC2)cc1.[Li+].[OH-]. The fraction of sp³-hybridized carbons (Fsp3) is 0.225. The third kappa shape index (κ3) is 31.0. The van der Waals surface area contributed by atoms with Crippen LogP contribution in [0.15, 0.2) is 232 Å². The van der Waals surface area contributed by atoms with Gasteiger partial charge >= 0.3 is 36.8 Å². The average molecular weight is 2050 g/mol. The number of fused-ring (bicyclic) bond motifs is 5. The van der Waals surface area contributed by atoms with Crippen LogP contribution in [0.25, 0.3) is 54.5 Å². The number of carbonyl (C=O) groups excluding carboxylic acids is 5. The maximum Gasteiger partial charge on any atom is 1.00 e. The van der Waals surface area contributed by atoms with Gasteiger partial charge in [-0.15, -0.1) is 0 Å². The number of carboxylic acid groups (broad SMARTS) is 1. The molecule has 0 bridgehead atoms. The number of likely N-dealkylation sites (tertiary alicyclic amines) is 2. The summed E-state index contributed by atoms with van der Waals surface area (Å²) in [6, 6.07) is 55.9. The first-order valence-corrected chi connectivity index (χ1v) is 46.8. The van der Waals surface area contributed by atoms with E-state index in [1.54, 1.807) is 20.8 Å². The third-order valence-electron chi connectivity index (χ3n) is 22.3.